The molecule has 88 valence electrons. The molecule has 2 N–H and O–H groups in total. The molecular weight excluding hydrogens is 194 g/mol. The number of amides is 1. The zero-order valence-electron chi connectivity index (χ0n) is 9.58. The second-order valence-corrected chi connectivity index (χ2v) is 4.86. The van der Waals surface area contributed by atoms with E-state index in [1.54, 1.807) is 0 Å². The minimum atomic E-state index is -0.255. The molecule has 1 saturated heterocycles. The van der Waals surface area contributed by atoms with E-state index in [4.69, 9.17) is 9.84 Å². The quantitative estimate of drug-likeness (QED) is 0.709. The Morgan fingerprint density at radius 1 is 1.60 bits per heavy atom. The van der Waals surface area contributed by atoms with Crippen LogP contribution in [0.4, 0.5) is 0 Å². The van der Waals surface area contributed by atoms with Crippen LogP contribution in [0.3, 0.4) is 0 Å². The summed E-state index contributed by atoms with van der Waals surface area (Å²) in [6, 6.07) is 0. The molecule has 4 nitrogen and oxygen atoms in total. The van der Waals surface area contributed by atoms with Crippen LogP contribution in [-0.4, -0.2) is 36.9 Å². The van der Waals surface area contributed by atoms with Crippen LogP contribution in [0, 0.1) is 5.41 Å². The second kappa shape index (κ2) is 5.47. The number of aliphatic hydroxyl groups is 1. The van der Waals surface area contributed by atoms with Gasteiger partial charge in [0.2, 0.25) is 5.91 Å². The first-order valence-electron chi connectivity index (χ1n) is 5.55. The van der Waals surface area contributed by atoms with Crippen LogP contribution in [0.1, 0.15) is 33.1 Å². The van der Waals surface area contributed by atoms with Crippen molar-refractivity contribution in [2.75, 3.05) is 19.8 Å². The number of ether oxygens (including phenoxy) is 1. The van der Waals surface area contributed by atoms with Crippen LogP contribution in [0.15, 0.2) is 0 Å². The Bertz CT molecular complexity index is 210. The predicted octanol–water partition coefficient (Wildman–Crippen LogP) is 0.690. The van der Waals surface area contributed by atoms with Crippen molar-refractivity contribution < 1.29 is 14.6 Å². The summed E-state index contributed by atoms with van der Waals surface area (Å²) in [5, 5.41) is 11.7. The van der Waals surface area contributed by atoms with Crippen LogP contribution in [0.2, 0.25) is 0 Å². The molecule has 4 heteroatoms. The minimum Gasteiger partial charge on any atom is -0.396 e. The van der Waals surface area contributed by atoms with Gasteiger partial charge in [0.05, 0.1) is 0 Å². The summed E-state index contributed by atoms with van der Waals surface area (Å²) in [7, 11) is 0. The molecule has 1 fully saturated rings. The third-order valence-electron chi connectivity index (χ3n) is 2.75. The number of carbonyl (C=O) groups excluding carboxylic acids is 1. The van der Waals surface area contributed by atoms with Crippen LogP contribution >= 0.6 is 0 Å². The van der Waals surface area contributed by atoms with E-state index in [9.17, 15) is 4.79 Å². The average Bonchev–Trinajstić information content (AvgIpc) is 2.67. The maximum Gasteiger partial charge on any atom is 0.249 e. The molecule has 0 aliphatic carbocycles. The van der Waals surface area contributed by atoms with E-state index in [-0.39, 0.29) is 24.0 Å². The van der Waals surface area contributed by atoms with Crippen LogP contribution < -0.4 is 5.32 Å². The molecule has 1 amide bonds. The fourth-order valence-corrected chi connectivity index (χ4v) is 1.62. The highest BCUT2D eigenvalue weighted by Gasteiger charge is 2.25. The lowest BCUT2D eigenvalue weighted by molar-refractivity contribution is -0.130. The first-order valence-corrected chi connectivity index (χ1v) is 5.55. The summed E-state index contributed by atoms with van der Waals surface area (Å²) in [4.78, 5) is 11.6. The molecule has 0 unspecified atom stereocenters. The van der Waals surface area contributed by atoms with Crippen molar-refractivity contribution in [1.29, 1.82) is 0 Å². The summed E-state index contributed by atoms with van der Waals surface area (Å²) >= 11 is 0. The van der Waals surface area contributed by atoms with Gasteiger partial charge in [-0.1, -0.05) is 13.8 Å². The number of carbonyl (C=O) groups is 1. The van der Waals surface area contributed by atoms with E-state index in [0.29, 0.717) is 19.6 Å². The summed E-state index contributed by atoms with van der Waals surface area (Å²) in [5.41, 5.74) is -0.0526. The first kappa shape index (κ1) is 12.5. The Balaban J connectivity index is 2.26. The molecule has 1 rings (SSSR count). The lowest BCUT2D eigenvalue weighted by atomic mass is 9.89. The number of hydrogen-bond acceptors (Lipinski definition) is 3. The third-order valence-corrected chi connectivity index (χ3v) is 2.75. The van der Waals surface area contributed by atoms with Gasteiger partial charge < -0.3 is 15.2 Å². The van der Waals surface area contributed by atoms with E-state index in [1.807, 2.05) is 13.8 Å². The Labute approximate surface area is 91.0 Å². The SMILES string of the molecule is CC(C)(CCO)CNC(=O)[C@H]1CCCO1. The fraction of sp³-hybridized carbons (Fsp3) is 0.909. The van der Waals surface area contributed by atoms with Crippen LogP contribution in [0.5, 0.6) is 0 Å². The summed E-state index contributed by atoms with van der Waals surface area (Å²) < 4.78 is 5.28. The maximum atomic E-state index is 11.6. The van der Waals surface area contributed by atoms with E-state index >= 15 is 0 Å². The highest BCUT2D eigenvalue weighted by molar-refractivity contribution is 5.80. The molecule has 0 aromatic carbocycles. The van der Waals surface area contributed by atoms with Crippen molar-refractivity contribution in [3.8, 4) is 0 Å². The van der Waals surface area contributed by atoms with Gasteiger partial charge in [-0.2, -0.15) is 0 Å². The van der Waals surface area contributed by atoms with E-state index in [0.717, 1.165) is 12.8 Å². The molecule has 1 aliphatic rings. The van der Waals surface area contributed by atoms with Gasteiger partial charge in [-0.3, -0.25) is 4.79 Å². The van der Waals surface area contributed by atoms with Gasteiger partial charge in [0.25, 0.3) is 0 Å². The standard InChI is InChI=1S/C11H21NO3/c1-11(2,5-6-13)8-12-10(14)9-4-3-7-15-9/h9,13H,3-8H2,1-2H3,(H,12,14)/t9-/m1/s1. The van der Waals surface area contributed by atoms with Gasteiger partial charge in [-0.05, 0) is 24.7 Å². The Kier molecular flexibility index (Phi) is 4.54. The van der Waals surface area contributed by atoms with Gasteiger partial charge in [0.15, 0.2) is 0 Å². The van der Waals surface area contributed by atoms with Crippen LogP contribution in [0.25, 0.3) is 0 Å². The molecule has 1 aliphatic heterocycles. The molecule has 0 aromatic heterocycles. The molecule has 0 spiro atoms. The van der Waals surface area contributed by atoms with Gasteiger partial charge >= 0.3 is 0 Å². The molecule has 0 saturated carbocycles. The average molecular weight is 215 g/mol. The normalized spacial score (nSPS) is 21.7. The molecular formula is C11H21NO3. The zero-order chi connectivity index (χ0) is 11.3. The summed E-state index contributed by atoms with van der Waals surface area (Å²) in [6.07, 6.45) is 2.23. The molecule has 0 bridgehead atoms. The van der Waals surface area contributed by atoms with E-state index < -0.39 is 0 Å². The lowest BCUT2D eigenvalue weighted by Gasteiger charge is -2.24. The number of nitrogens with one attached hydrogen (secondary N) is 1. The number of hydrogen-bond donors (Lipinski definition) is 2. The van der Waals surface area contributed by atoms with Crippen LogP contribution in [-0.2, 0) is 9.53 Å². The molecule has 0 radical (unpaired) electrons. The Morgan fingerprint density at radius 3 is 2.87 bits per heavy atom. The summed E-state index contributed by atoms with van der Waals surface area (Å²) in [5.74, 6) is -0.0153. The summed E-state index contributed by atoms with van der Waals surface area (Å²) in [6.45, 7) is 5.49. The van der Waals surface area contributed by atoms with E-state index in [1.165, 1.54) is 0 Å². The third kappa shape index (κ3) is 4.18. The Morgan fingerprint density at radius 2 is 2.33 bits per heavy atom. The molecule has 1 atom stereocenters. The topological polar surface area (TPSA) is 58.6 Å². The Hall–Kier alpha value is -0.610. The zero-order valence-corrected chi connectivity index (χ0v) is 9.58. The first-order chi connectivity index (χ1) is 7.05. The minimum absolute atomic E-state index is 0.0153. The fourth-order valence-electron chi connectivity index (χ4n) is 1.62. The highest BCUT2D eigenvalue weighted by atomic mass is 16.5. The smallest absolute Gasteiger partial charge is 0.249 e. The van der Waals surface area contributed by atoms with Crippen molar-refractivity contribution in [3.63, 3.8) is 0 Å². The lowest BCUT2D eigenvalue weighted by Crippen LogP contribution is -2.40. The highest BCUT2D eigenvalue weighted by Crippen LogP contribution is 2.18. The van der Waals surface area contributed by atoms with Crippen molar-refractivity contribution in [1.82, 2.24) is 5.32 Å². The molecule has 15 heavy (non-hydrogen) atoms. The van der Waals surface area contributed by atoms with Crippen molar-refractivity contribution in [2.45, 2.75) is 39.2 Å². The monoisotopic (exact) mass is 215 g/mol. The van der Waals surface area contributed by atoms with Crippen molar-refractivity contribution in [3.05, 3.63) is 0 Å². The van der Waals surface area contributed by atoms with Crippen molar-refractivity contribution >= 4 is 5.91 Å². The number of aliphatic hydroxyl groups excluding tert-OH is 1. The largest absolute Gasteiger partial charge is 0.396 e. The van der Waals surface area contributed by atoms with Gasteiger partial charge in [0, 0.05) is 19.8 Å². The predicted molar refractivity (Wildman–Crippen MR) is 57.5 cm³/mol. The molecule has 0 aromatic rings. The molecule has 1 heterocycles. The van der Waals surface area contributed by atoms with Gasteiger partial charge in [0.1, 0.15) is 6.10 Å². The van der Waals surface area contributed by atoms with Gasteiger partial charge in [-0.15, -0.1) is 0 Å². The second-order valence-electron chi connectivity index (χ2n) is 4.86. The van der Waals surface area contributed by atoms with Crippen molar-refractivity contribution in [2.24, 2.45) is 5.41 Å². The number of rotatable bonds is 5. The maximum absolute atomic E-state index is 11.6. The van der Waals surface area contributed by atoms with Gasteiger partial charge in [-0.25, -0.2) is 0 Å². The van der Waals surface area contributed by atoms with E-state index in [2.05, 4.69) is 5.32 Å².